The number of nitrogens with zero attached hydrogens (tertiary/aromatic N) is 1. The number of benzene rings is 1. The van der Waals surface area contributed by atoms with Gasteiger partial charge in [-0.1, -0.05) is 37.3 Å². The Hall–Kier alpha value is -0.570. The summed E-state index contributed by atoms with van der Waals surface area (Å²) in [5.74, 6) is 0.754. The minimum Gasteiger partial charge on any atom is -0.316 e. The average Bonchev–Trinajstić information content (AvgIpc) is 3.00. The Bertz CT molecular complexity index is 387. The summed E-state index contributed by atoms with van der Waals surface area (Å²) in [6.45, 7) is 8.62. The lowest BCUT2D eigenvalue weighted by molar-refractivity contribution is 0.207. The van der Waals surface area contributed by atoms with Gasteiger partial charge in [0.25, 0.3) is 0 Å². The molecule has 0 radical (unpaired) electrons. The van der Waals surface area contributed by atoms with E-state index in [0.29, 0.717) is 5.41 Å². The lowest BCUT2D eigenvalue weighted by Crippen LogP contribution is -2.36. The van der Waals surface area contributed by atoms with Crippen molar-refractivity contribution in [2.24, 2.45) is 5.41 Å². The normalized spacial score (nSPS) is 31.3. The van der Waals surface area contributed by atoms with Crippen molar-refractivity contribution < 1.29 is 0 Å². The van der Waals surface area contributed by atoms with Crippen LogP contribution >= 0.6 is 12.4 Å². The maximum absolute atomic E-state index is 3.50. The monoisotopic (exact) mass is 280 g/mol. The van der Waals surface area contributed by atoms with Crippen LogP contribution in [0.5, 0.6) is 0 Å². The summed E-state index contributed by atoms with van der Waals surface area (Å²) < 4.78 is 0. The highest BCUT2D eigenvalue weighted by Gasteiger charge is 2.33. The smallest absolute Gasteiger partial charge is 0.00510 e. The second-order valence-electron chi connectivity index (χ2n) is 6.37. The van der Waals surface area contributed by atoms with E-state index in [0.717, 1.165) is 5.92 Å². The van der Waals surface area contributed by atoms with Crippen LogP contribution in [0.15, 0.2) is 30.3 Å². The van der Waals surface area contributed by atoms with Crippen LogP contribution in [0, 0.1) is 5.41 Å². The minimum absolute atomic E-state index is 0. The number of likely N-dealkylation sites (tertiary alicyclic amines) is 1. The molecule has 2 unspecified atom stereocenters. The molecule has 2 saturated heterocycles. The van der Waals surface area contributed by atoms with Gasteiger partial charge in [0.05, 0.1) is 0 Å². The predicted molar refractivity (Wildman–Crippen MR) is 83.1 cm³/mol. The Kier molecular flexibility index (Phi) is 4.88. The van der Waals surface area contributed by atoms with Crippen molar-refractivity contribution in [1.82, 2.24) is 10.2 Å². The van der Waals surface area contributed by atoms with Crippen molar-refractivity contribution in [3.8, 4) is 0 Å². The van der Waals surface area contributed by atoms with E-state index in [9.17, 15) is 0 Å². The predicted octanol–water partition coefficient (Wildman–Crippen LogP) is 2.90. The van der Waals surface area contributed by atoms with Crippen molar-refractivity contribution in [3.05, 3.63) is 35.9 Å². The van der Waals surface area contributed by atoms with Gasteiger partial charge < -0.3 is 10.2 Å². The number of rotatable bonds is 3. The Morgan fingerprint density at radius 1 is 1.32 bits per heavy atom. The highest BCUT2D eigenvalue weighted by Crippen LogP contribution is 2.31. The molecule has 2 aliphatic heterocycles. The van der Waals surface area contributed by atoms with Crippen molar-refractivity contribution in [2.45, 2.75) is 25.7 Å². The van der Waals surface area contributed by atoms with Crippen LogP contribution in [0.2, 0.25) is 0 Å². The average molecular weight is 281 g/mol. The summed E-state index contributed by atoms with van der Waals surface area (Å²) in [6.07, 6.45) is 2.66. The fourth-order valence-electron chi connectivity index (χ4n) is 3.52. The fraction of sp³-hybridized carbons (Fsp3) is 0.625. The molecular weight excluding hydrogens is 256 g/mol. The molecule has 2 heterocycles. The summed E-state index contributed by atoms with van der Waals surface area (Å²) in [6, 6.07) is 11.0. The van der Waals surface area contributed by atoms with Gasteiger partial charge in [0.1, 0.15) is 0 Å². The maximum atomic E-state index is 3.50. The third kappa shape index (κ3) is 3.50. The largest absolute Gasteiger partial charge is 0.316 e. The molecule has 0 saturated carbocycles. The molecule has 2 aliphatic rings. The molecule has 1 aromatic carbocycles. The van der Waals surface area contributed by atoms with E-state index in [-0.39, 0.29) is 12.4 Å². The van der Waals surface area contributed by atoms with Gasteiger partial charge in [-0.15, -0.1) is 12.4 Å². The molecule has 106 valence electrons. The Morgan fingerprint density at radius 3 is 2.79 bits per heavy atom. The standard InChI is InChI=1S/C16H24N2.ClH/c1-16(8-9-17-12-16)13-18-10-7-15(11-18)14-5-3-2-4-6-14;/h2-6,15,17H,7-13H2,1H3;1H. The lowest BCUT2D eigenvalue weighted by Gasteiger charge is -2.29. The first-order valence-corrected chi connectivity index (χ1v) is 7.23. The molecule has 0 aromatic heterocycles. The summed E-state index contributed by atoms with van der Waals surface area (Å²) in [5.41, 5.74) is 2.03. The van der Waals surface area contributed by atoms with Crippen LogP contribution in [0.1, 0.15) is 31.2 Å². The zero-order valence-corrected chi connectivity index (χ0v) is 12.6. The number of nitrogens with one attached hydrogen (secondary N) is 1. The van der Waals surface area contributed by atoms with Crippen LogP contribution < -0.4 is 5.32 Å². The van der Waals surface area contributed by atoms with Crippen LogP contribution in [-0.2, 0) is 0 Å². The summed E-state index contributed by atoms with van der Waals surface area (Å²) in [5, 5.41) is 3.50. The molecule has 2 nitrogen and oxygen atoms in total. The molecule has 1 N–H and O–H groups in total. The van der Waals surface area contributed by atoms with Gasteiger partial charge in [0.15, 0.2) is 0 Å². The summed E-state index contributed by atoms with van der Waals surface area (Å²) in [7, 11) is 0. The van der Waals surface area contributed by atoms with Crippen LogP contribution in [-0.4, -0.2) is 37.6 Å². The van der Waals surface area contributed by atoms with Crippen LogP contribution in [0.25, 0.3) is 0 Å². The van der Waals surface area contributed by atoms with E-state index < -0.39 is 0 Å². The van der Waals surface area contributed by atoms with Gasteiger partial charge in [-0.3, -0.25) is 0 Å². The third-order valence-electron chi connectivity index (χ3n) is 4.61. The summed E-state index contributed by atoms with van der Waals surface area (Å²) in [4.78, 5) is 2.67. The number of hydrogen-bond donors (Lipinski definition) is 1. The van der Waals surface area contributed by atoms with Crippen LogP contribution in [0.4, 0.5) is 0 Å². The molecule has 0 aliphatic carbocycles. The molecule has 1 aromatic rings. The van der Waals surface area contributed by atoms with Gasteiger partial charge in [0.2, 0.25) is 0 Å². The summed E-state index contributed by atoms with van der Waals surface area (Å²) >= 11 is 0. The topological polar surface area (TPSA) is 15.3 Å². The van der Waals surface area contributed by atoms with E-state index in [4.69, 9.17) is 0 Å². The molecule has 2 atom stereocenters. The van der Waals surface area contributed by atoms with Gasteiger partial charge in [-0.2, -0.15) is 0 Å². The van der Waals surface area contributed by atoms with Gasteiger partial charge in [-0.05, 0) is 42.8 Å². The zero-order valence-electron chi connectivity index (χ0n) is 11.8. The van der Waals surface area contributed by atoms with Crippen LogP contribution in [0.3, 0.4) is 0 Å². The van der Waals surface area contributed by atoms with E-state index >= 15 is 0 Å². The molecule has 0 spiro atoms. The van der Waals surface area contributed by atoms with E-state index in [1.807, 2.05) is 0 Å². The minimum atomic E-state index is 0. The van der Waals surface area contributed by atoms with Gasteiger partial charge in [0, 0.05) is 19.6 Å². The Labute approximate surface area is 123 Å². The quantitative estimate of drug-likeness (QED) is 0.916. The highest BCUT2D eigenvalue weighted by molar-refractivity contribution is 5.85. The number of halogens is 1. The second kappa shape index (κ2) is 6.25. The second-order valence-corrected chi connectivity index (χ2v) is 6.37. The van der Waals surface area contributed by atoms with Crippen molar-refractivity contribution in [2.75, 3.05) is 32.7 Å². The van der Waals surface area contributed by atoms with Gasteiger partial charge in [-0.25, -0.2) is 0 Å². The SMILES string of the molecule is CC1(CN2CCC(c3ccccc3)C2)CCNC1.Cl. The fourth-order valence-corrected chi connectivity index (χ4v) is 3.52. The Morgan fingerprint density at radius 2 is 2.11 bits per heavy atom. The maximum Gasteiger partial charge on any atom is 0.00510 e. The van der Waals surface area contributed by atoms with Crippen molar-refractivity contribution in [1.29, 1.82) is 0 Å². The Balaban J connectivity index is 0.00000133. The van der Waals surface area contributed by atoms with E-state index in [1.165, 1.54) is 51.1 Å². The third-order valence-corrected chi connectivity index (χ3v) is 4.61. The van der Waals surface area contributed by atoms with Gasteiger partial charge >= 0.3 is 0 Å². The molecule has 3 rings (SSSR count). The molecule has 0 amide bonds. The molecule has 2 fully saturated rings. The first kappa shape index (κ1) is 14.8. The molecule has 19 heavy (non-hydrogen) atoms. The van der Waals surface area contributed by atoms with Crippen molar-refractivity contribution >= 4 is 12.4 Å². The molecular formula is C16H25ClN2. The molecule has 3 heteroatoms. The van der Waals surface area contributed by atoms with E-state index in [2.05, 4.69) is 47.5 Å². The number of hydrogen-bond acceptors (Lipinski definition) is 2. The highest BCUT2D eigenvalue weighted by atomic mass is 35.5. The van der Waals surface area contributed by atoms with Crippen molar-refractivity contribution in [3.63, 3.8) is 0 Å². The lowest BCUT2D eigenvalue weighted by atomic mass is 9.89. The van der Waals surface area contributed by atoms with E-state index in [1.54, 1.807) is 0 Å². The first-order chi connectivity index (χ1) is 8.75. The molecule has 0 bridgehead atoms. The zero-order chi connectivity index (χ0) is 12.4. The first-order valence-electron chi connectivity index (χ1n) is 7.23.